The molecule has 0 saturated heterocycles. The predicted molar refractivity (Wildman–Crippen MR) is 82.6 cm³/mol. The molecule has 0 radical (unpaired) electrons. The number of rotatable bonds is 4. The number of nitrogens with zero attached hydrogens (tertiary/aromatic N) is 2. The lowest BCUT2D eigenvalue weighted by Crippen LogP contribution is -2.46. The average molecular weight is 362 g/mol. The predicted octanol–water partition coefficient (Wildman–Crippen LogP) is 3.16. The van der Waals surface area contributed by atoms with E-state index in [0.717, 1.165) is 10.8 Å². The van der Waals surface area contributed by atoms with Crippen LogP contribution in [0.5, 0.6) is 0 Å². The zero-order valence-electron chi connectivity index (χ0n) is 12.9. The molecule has 0 unspecified atom stereocenters. The van der Waals surface area contributed by atoms with Crippen molar-refractivity contribution in [1.82, 2.24) is 9.55 Å². The first-order chi connectivity index (χ1) is 11.1. The minimum atomic E-state index is -5.08. The summed E-state index contributed by atoms with van der Waals surface area (Å²) in [7, 11) is 1.30. The van der Waals surface area contributed by atoms with Crippen LogP contribution in [0.2, 0.25) is 5.02 Å². The average Bonchev–Trinajstić information content (AvgIpc) is 2.89. The van der Waals surface area contributed by atoms with E-state index in [2.05, 4.69) is 10.3 Å². The number of carbonyl (C=O) groups excluding carboxylic acids is 1. The van der Waals surface area contributed by atoms with Crippen LogP contribution in [0.3, 0.4) is 0 Å². The van der Waals surface area contributed by atoms with Crippen molar-refractivity contribution in [3.05, 3.63) is 47.0 Å². The molecule has 1 aromatic carbocycles. The van der Waals surface area contributed by atoms with E-state index in [4.69, 9.17) is 11.6 Å². The number of benzene rings is 1. The molecule has 1 atom stereocenters. The quantitative estimate of drug-likeness (QED) is 0.879. The monoisotopic (exact) mass is 361 g/mol. The number of alkyl halides is 3. The normalized spacial score (nSPS) is 14.3. The first kappa shape index (κ1) is 18.3. The number of aryl methyl sites for hydroxylation is 1. The van der Waals surface area contributed by atoms with Crippen LogP contribution in [0.25, 0.3) is 0 Å². The van der Waals surface area contributed by atoms with Crippen LogP contribution in [-0.4, -0.2) is 26.7 Å². The fourth-order valence-corrected chi connectivity index (χ4v) is 2.41. The first-order valence-electron chi connectivity index (χ1n) is 6.88. The highest BCUT2D eigenvalue weighted by molar-refractivity contribution is 6.31. The summed E-state index contributed by atoms with van der Waals surface area (Å²) in [4.78, 5) is 15.6. The highest BCUT2D eigenvalue weighted by Crippen LogP contribution is 2.41. The van der Waals surface area contributed by atoms with Gasteiger partial charge in [0.05, 0.1) is 6.42 Å². The van der Waals surface area contributed by atoms with Crippen molar-refractivity contribution < 1.29 is 23.1 Å². The lowest BCUT2D eigenvalue weighted by atomic mass is 9.97. The second-order valence-corrected chi connectivity index (χ2v) is 5.76. The van der Waals surface area contributed by atoms with E-state index >= 15 is 0 Å². The molecule has 0 fully saturated rings. The number of hydrogen-bond donors (Lipinski definition) is 2. The molecule has 0 bridgehead atoms. The van der Waals surface area contributed by atoms with Gasteiger partial charge in [-0.25, -0.2) is 4.98 Å². The molecule has 9 heteroatoms. The lowest BCUT2D eigenvalue weighted by molar-refractivity contribution is -0.270. The SMILES string of the molecule is Cc1c(Cl)cccc1NC(=O)C[C@@](O)(c1nccn1C)C(F)(F)F. The summed E-state index contributed by atoms with van der Waals surface area (Å²) in [5, 5.41) is 12.9. The molecule has 1 heterocycles. The van der Waals surface area contributed by atoms with Gasteiger partial charge in [0.25, 0.3) is 0 Å². The zero-order valence-corrected chi connectivity index (χ0v) is 13.6. The summed E-state index contributed by atoms with van der Waals surface area (Å²) in [6.07, 6.45) is -3.93. The maximum absolute atomic E-state index is 13.4. The summed E-state index contributed by atoms with van der Waals surface area (Å²) in [5.41, 5.74) is -2.61. The highest BCUT2D eigenvalue weighted by Gasteiger charge is 2.58. The number of aromatic nitrogens is 2. The third kappa shape index (κ3) is 3.39. The number of imidazole rings is 1. The summed E-state index contributed by atoms with van der Waals surface area (Å²) < 4.78 is 41.2. The molecule has 5 nitrogen and oxygen atoms in total. The van der Waals surface area contributed by atoms with Crippen molar-refractivity contribution in [1.29, 1.82) is 0 Å². The van der Waals surface area contributed by atoms with E-state index in [1.807, 2.05) is 0 Å². The van der Waals surface area contributed by atoms with E-state index in [1.54, 1.807) is 19.1 Å². The van der Waals surface area contributed by atoms with Gasteiger partial charge >= 0.3 is 6.18 Å². The summed E-state index contributed by atoms with van der Waals surface area (Å²) in [6, 6.07) is 4.65. The van der Waals surface area contributed by atoms with E-state index in [9.17, 15) is 23.1 Å². The highest BCUT2D eigenvalue weighted by atomic mass is 35.5. The van der Waals surface area contributed by atoms with E-state index < -0.39 is 29.9 Å². The Labute approximate surface area is 141 Å². The van der Waals surface area contributed by atoms with E-state index in [0.29, 0.717) is 10.6 Å². The Morgan fingerprint density at radius 3 is 2.62 bits per heavy atom. The minimum Gasteiger partial charge on any atom is -0.374 e. The maximum Gasteiger partial charge on any atom is 0.425 e. The standard InChI is InChI=1S/C15H15ClF3N3O2/c1-9-10(16)4-3-5-11(9)21-12(23)8-14(24,15(17,18)19)13-20-6-7-22(13)2/h3-7,24H,8H2,1-2H3,(H,21,23)/t14-/m1/s1. The minimum absolute atomic E-state index is 0.275. The Bertz CT molecular complexity index is 761. The largest absolute Gasteiger partial charge is 0.425 e. The molecular formula is C15H15ClF3N3O2. The fraction of sp³-hybridized carbons (Fsp3) is 0.333. The smallest absolute Gasteiger partial charge is 0.374 e. The van der Waals surface area contributed by atoms with Crippen molar-refractivity contribution in [2.45, 2.75) is 25.1 Å². The molecule has 0 aliphatic rings. The molecule has 0 aliphatic heterocycles. The third-order valence-electron chi connectivity index (χ3n) is 3.62. The summed E-state index contributed by atoms with van der Waals surface area (Å²) >= 11 is 5.91. The van der Waals surface area contributed by atoms with Crippen LogP contribution in [0.1, 0.15) is 17.8 Å². The number of aliphatic hydroxyl groups is 1. The second kappa shape index (κ2) is 6.45. The topological polar surface area (TPSA) is 67.2 Å². The van der Waals surface area contributed by atoms with E-state index in [1.165, 1.54) is 19.3 Å². The van der Waals surface area contributed by atoms with Crippen molar-refractivity contribution in [2.75, 3.05) is 5.32 Å². The Morgan fingerprint density at radius 1 is 1.42 bits per heavy atom. The van der Waals surface area contributed by atoms with Crippen LogP contribution < -0.4 is 5.32 Å². The fourth-order valence-electron chi connectivity index (χ4n) is 2.24. The van der Waals surface area contributed by atoms with Crippen molar-refractivity contribution >= 4 is 23.2 Å². The second-order valence-electron chi connectivity index (χ2n) is 5.36. The summed E-state index contributed by atoms with van der Waals surface area (Å²) in [6.45, 7) is 1.62. The molecular weight excluding hydrogens is 347 g/mol. The number of halogens is 4. The van der Waals surface area contributed by atoms with Crippen LogP contribution in [0.4, 0.5) is 18.9 Å². The van der Waals surface area contributed by atoms with Gasteiger partial charge < -0.3 is 15.0 Å². The Kier molecular flexibility index (Phi) is 4.91. The number of anilines is 1. The Morgan fingerprint density at radius 2 is 2.08 bits per heavy atom. The first-order valence-corrected chi connectivity index (χ1v) is 7.26. The maximum atomic E-state index is 13.4. The Hall–Kier alpha value is -2.06. The van der Waals surface area contributed by atoms with Gasteiger partial charge in [-0.05, 0) is 24.6 Å². The molecule has 2 aromatic rings. The number of carbonyl (C=O) groups is 1. The number of hydrogen-bond acceptors (Lipinski definition) is 3. The molecule has 1 aromatic heterocycles. The van der Waals surface area contributed by atoms with Gasteiger partial charge in [-0.15, -0.1) is 0 Å². The van der Waals surface area contributed by atoms with Crippen molar-refractivity contribution in [3.63, 3.8) is 0 Å². The molecule has 0 aliphatic carbocycles. The van der Waals surface area contributed by atoms with Crippen LogP contribution in [-0.2, 0) is 17.4 Å². The van der Waals surface area contributed by atoms with Crippen LogP contribution in [0, 0.1) is 6.92 Å². The van der Waals surface area contributed by atoms with Gasteiger partial charge in [-0.2, -0.15) is 13.2 Å². The van der Waals surface area contributed by atoms with Gasteiger partial charge in [-0.3, -0.25) is 4.79 Å². The van der Waals surface area contributed by atoms with Gasteiger partial charge in [0.2, 0.25) is 11.5 Å². The third-order valence-corrected chi connectivity index (χ3v) is 4.03. The number of nitrogens with one attached hydrogen (secondary N) is 1. The van der Waals surface area contributed by atoms with Gasteiger partial charge in [0.15, 0.2) is 5.82 Å². The van der Waals surface area contributed by atoms with Crippen molar-refractivity contribution in [2.24, 2.45) is 7.05 Å². The summed E-state index contributed by atoms with van der Waals surface area (Å²) in [5.74, 6) is -1.67. The molecule has 0 spiro atoms. The van der Waals surface area contributed by atoms with Crippen LogP contribution >= 0.6 is 11.6 Å². The number of amides is 1. The molecule has 0 saturated carbocycles. The molecule has 130 valence electrons. The van der Waals surface area contributed by atoms with Gasteiger partial charge in [0, 0.05) is 30.2 Å². The molecule has 24 heavy (non-hydrogen) atoms. The molecule has 2 N–H and O–H groups in total. The lowest BCUT2D eigenvalue weighted by Gasteiger charge is -2.29. The van der Waals surface area contributed by atoms with Gasteiger partial charge in [-0.1, -0.05) is 17.7 Å². The molecule has 2 rings (SSSR count). The Balaban J connectivity index is 2.29. The van der Waals surface area contributed by atoms with Crippen LogP contribution in [0.15, 0.2) is 30.6 Å². The van der Waals surface area contributed by atoms with Gasteiger partial charge in [0.1, 0.15) is 0 Å². The van der Waals surface area contributed by atoms with E-state index in [-0.39, 0.29) is 5.69 Å². The van der Waals surface area contributed by atoms with Crippen molar-refractivity contribution in [3.8, 4) is 0 Å². The zero-order chi connectivity index (χ0) is 18.1. The molecule has 1 amide bonds.